The van der Waals surface area contributed by atoms with E-state index in [4.69, 9.17) is 4.74 Å². The Morgan fingerprint density at radius 3 is 2.41 bits per heavy atom. The van der Waals surface area contributed by atoms with Crippen molar-refractivity contribution in [3.05, 3.63) is 0 Å². The lowest BCUT2D eigenvalue weighted by Gasteiger charge is -2.63. The molecule has 3 heteroatoms. The highest BCUT2D eigenvalue weighted by Crippen LogP contribution is 2.68. The summed E-state index contributed by atoms with van der Waals surface area (Å²) in [5.74, 6) is 4.48. The van der Waals surface area contributed by atoms with Crippen molar-refractivity contribution in [2.45, 2.75) is 123 Å². The topological polar surface area (TPSA) is 32.7 Å². The van der Waals surface area contributed by atoms with Gasteiger partial charge in [-0.3, -0.25) is 4.90 Å². The number of ether oxygens (including phenoxy) is 1. The summed E-state index contributed by atoms with van der Waals surface area (Å²) in [4.78, 5) is 2.65. The lowest BCUT2D eigenvalue weighted by Crippen LogP contribution is -2.63. The van der Waals surface area contributed by atoms with Gasteiger partial charge in [0.15, 0.2) is 0 Å². The third-order valence-corrected chi connectivity index (χ3v) is 12.4. The molecular formula is C29H51NO2. The summed E-state index contributed by atoms with van der Waals surface area (Å²) in [6.07, 6.45) is 14.3. The molecule has 1 aliphatic heterocycles. The summed E-state index contributed by atoms with van der Waals surface area (Å²) in [5, 5.41) is 11.4. The Kier molecular flexibility index (Phi) is 6.29. The molecule has 32 heavy (non-hydrogen) atoms. The molecule has 0 bridgehead atoms. The van der Waals surface area contributed by atoms with Crippen LogP contribution in [0.1, 0.15) is 105 Å². The van der Waals surface area contributed by atoms with Crippen LogP contribution in [0.3, 0.4) is 0 Å². The molecule has 9 atom stereocenters. The number of aliphatic hydroxyl groups excluding tert-OH is 1. The second kappa shape index (κ2) is 8.52. The van der Waals surface area contributed by atoms with Crippen molar-refractivity contribution in [1.29, 1.82) is 0 Å². The number of rotatable bonds is 4. The Labute approximate surface area is 198 Å². The Morgan fingerprint density at radius 2 is 1.69 bits per heavy atom. The van der Waals surface area contributed by atoms with E-state index < -0.39 is 0 Å². The Bertz CT molecular complexity index is 676. The normalized spacial score (nSPS) is 51.0. The summed E-state index contributed by atoms with van der Waals surface area (Å²) < 4.78 is 6.29. The molecule has 3 nitrogen and oxygen atoms in total. The quantitative estimate of drug-likeness (QED) is 0.552. The molecular weight excluding hydrogens is 394 g/mol. The zero-order valence-corrected chi connectivity index (χ0v) is 21.7. The third-order valence-electron chi connectivity index (χ3n) is 12.4. The van der Waals surface area contributed by atoms with Crippen LogP contribution < -0.4 is 0 Å². The molecule has 1 saturated heterocycles. The first-order valence-corrected chi connectivity index (χ1v) is 14.4. The first kappa shape index (κ1) is 23.6. The molecule has 0 radical (unpaired) electrons. The molecule has 0 spiro atoms. The minimum Gasteiger partial charge on any atom is -0.391 e. The van der Waals surface area contributed by atoms with Crippen molar-refractivity contribution in [2.75, 3.05) is 19.7 Å². The van der Waals surface area contributed by atoms with Gasteiger partial charge < -0.3 is 9.84 Å². The minimum atomic E-state index is -0.154. The van der Waals surface area contributed by atoms with Crippen molar-refractivity contribution < 1.29 is 9.84 Å². The minimum absolute atomic E-state index is 0.00348. The van der Waals surface area contributed by atoms with Crippen molar-refractivity contribution in [2.24, 2.45) is 40.4 Å². The van der Waals surface area contributed by atoms with E-state index in [-0.39, 0.29) is 11.7 Å². The van der Waals surface area contributed by atoms with Crippen LogP contribution in [0.2, 0.25) is 0 Å². The highest BCUT2D eigenvalue weighted by molar-refractivity contribution is 5.11. The van der Waals surface area contributed by atoms with Crippen LogP contribution in [0.25, 0.3) is 0 Å². The number of hydrogen-bond donors (Lipinski definition) is 1. The molecule has 0 aromatic heterocycles. The number of aliphatic hydroxyl groups is 1. The van der Waals surface area contributed by atoms with Crippen LogP contribution >= 0.6 is 0 Å². The molecule has 1 heterocycles. The second-order valence-electron chi connectivity index (χ2n) is 13.2. The van der Waals surface area contributed by atoms with Crippen molar-refractivity contribution in [3.8, 4) is 0 Å². The molecule has 4 aliphatic carbocycles. The maximum atomic E-state index is 11.4. The smallest absolute Gasteiger partial charge is 0.0804 e. The van der Waals surface area contributed by atoms with Crippen LogP contribution in [0.15, 0.2) is 0 Å². The third kappa shape index (κ3) is 3.46. The number of fused-ring (bicyclic) bond motifs is 5. The fourth-order valence-electron chi connectivity index (χ4n) is 10.3. The SMILES string of the molecule is CC[C@H]1CC[C@H]2[C@@H]3CC[C@H]4C[C@H](O)[C@@H](N5CCOC(CC)(CC)C5)C[C@]4(C)[C@H]3CC[C@]12C. The van der Waals surface area contributed by atoms with E-state index in [9.17, 15) is 5.11 Å². The summed E-state index contributed by atoms with van der Waals surface area (Å²) in [7, 11) is 0. The van der Waals surface area contributed by atoms with Gasteiger partial charge in [-0.25, -0.2) is 0 Å². The van der Waals surface area contributed by atoms with E-state index in [1.807, 2.05) is 0 Å². The second-order valence-corrected chi connectivity index (χ2v) is 13.2. The molecule has 5 aliphatic rings. The van der Waals surface area contributed by atoms with Crippen LogP contribution in [-0.4, -0.2) is 47.4 Å². The number of hydrogen-bond acceptors (Lipinski definition) is 3. The lowest BCUT2D eigenvalue weighted by molar-refractivity contribution is -0.175. The van der Waals surface area contributed by atoms with Crippen molar-refractivity contribution in [1.82, 2.24) is 4.90 Å². The molecule has 4 saturated carbocycles. The van der Waals surface area contributed by atoms with Crippen LogP contribution in [-0.2, 0) is 4.74 Å². The van der Waals surface area contributed by atoms with E-state index in [1.54, 1.807) is 0 Å². The standard InChI is InChI=1S/C29H51NO2/c1-6-20-10-12-23-22-11-9-21-17-26(31)25(30-15-16-32-29(7-2,8-3)19-30)18-28(21,5)24(22)13-14-27(20,23)4/h20-26,31H,6-19H2,1-5H3/t20-,21-,22-,23-,24-,25-,26-,27+,28-/m0/s1. The van der Waals surface area contributed by atoms with Crippen LogP contribution in [0, 0.1) is 40.4 Å². The molecule has 5 fully saturated rings. The zero-order chi connectivity index (χ0) is 22.7. The van der Waals surface area contributed by atoms with Gasteiger partial charge in [-0.05, 0) is 105 Å². The van der Waals surface area contributed by atoms with Crippen LogP contribution in [0.5, 0.6) is 0 Å². The number of morpholine rings is 1. The van der Waals surface area contributed by atoms with Crippen LogP contribution in [0.4, 0.5) is 0 Å². The summed E-state index contributed by atoms with van der Waals surface area (Å²) in [6.45, 7) is 15.2. The van der Waals surface area contributed by atoms with Gasteiger partial charge in [0.25, 0.3) is 0 Å². The largest absolute Gasteiger partial charge is 0.391 e. The van der Waals surface area contributed by atoms with Gasteiger partial charge in [-0.1, -0.05) is 41.0 Å². The molecule has 184 valence electrons. The number of nitrogens with zero attached hydrogens (tertiary/aromatic N) is 1. The van der Waals surface area contributed by atoms with E-state index in [0.29, 0.717) is 16.9 Å². The summed E-state index contributed by atoms with van der Waals surface area (Å²) >= 11 is 0. The van der Waals surface area contributed by atoms with Gasteiger partial charge in [0, 0.05) is 19.1 Å². The highest BCUT2D eigenvalue weighted by atomic mass is 16.5. The van der Waals surface area contributed by atoms with Gasteiger partial charge in [0.1, 0.15) is 0 Å². The van der Waals surface area contributed by atoms with E-state index in [2.05, 4.69) is 39.5 Å². The van der Waals surface area contributed by atoms with E-state index in [1.165, 1.54) is 51.4 Å². The highest BCUT2D eigenvalue weighted by Gasteiger charge is 2.61. The van der Waals surface area contributed by atoms with Crippen molar-refractivity contribution in [3.63, 3.8) is 0 Å². The molecule has 0 aromatic rings. The predicted octanol–water partition coefficient (Wildman–Crippen LogP) is 6.29. The van der Waals surface area contributed by atoms with Gasteiger partial charge in [0.2, 0.25) is 0 Å². The maximum Gasteiger partial charge on any atom is 0.0804 e. The van der Waals surface area contributed by atoms with Gasteiger partial charge in [-0.15, -0.1) is 0 Å². The summed E-state index contributed by atoms with van der Waals surface area (Å²) in [6, 6.07) is 0.330. The maximum absolute atomic E-state index is 11.4. The molecule has 5 rings (SSSR count). The van der Waals surface area contributed by atoms with Gasteiger partial charge in [-0.2, -0.15) is 0 Å². The lowest BCUT2D eigenvalue weighted by atomic mass is 9.44. The first-order chi connectivity index (χ1) is 15.3. The van der Waals surface area contributed by atoms with Gasteiger partial charge >= 0.3 is 0 Å². The zero-order valence-electron chi connectivity index (χ0n) is 21.7. The fraction of sp³-hybridized carbons (Fsp3) is 1.00. The first-order valence-electron chi connectivity index (χ1n) is 14.4. The van der Waals surface area contributed by atoms with E-state index in [0.717, 1.165) is 68.5 Å². The summed E-state index contributed by atoms with van der Waals surface area (Å²) in [5.41, 5.74) is 1.02. The predicted molar refractivity (Wildman–Crippen MR) is 132 cm³/mol. The van der Waals surface area contributed by atoms with E-state index >= 15 is 0 Å². The molecule has 0 amide bonds. The molecule has 0 aromatic carbocycles. The fourth-order valence-corrected chi connectivity index (χ4v) is 10.3. The average Bonchev–Trinajstić information content (AvgIpc) is 3.15. The Morgan fingerprint density at radius 1 is 0.938 bits per heavy atom. The molecule has 0 unspecified atom stereocenters. The monoisotopic (exact) mass is 445 g/mol. The average molecular weight is 446 g/mol. The molecule has 1 N–H and O–H groups in total. The van der Waals surface area contributed by atoms with Gasteiger partial charge in [0.05, 0.1) is 18.3 Å². The Balaban J connectivity index is 1.38. The Hall–Kier alpha value is -0.120. The van der Waals surface area contributed by atoms with Crippen molar-refractivity contribution >= 4 is 0 Å².